The van der Waals surface area contributed by atoms with Gasteiger partial charge in [0.2, 0.25) is 5.91 Å². The number of ether oxygens (including phenoxy) is 1. The van der Waals surface area contributed by atoms with Crippen LogP contribution >= 0.6 is 0 Å². The molecule has 5 heteroatoms. The molecular formula is C24H26N2O3. The molecule has 0 spiro atoms. The number of carbonyl (C=O) groups is 2. The minimum atomic E-state index is -0.385. The maximum Gasteiger partial charge on any atom is 0.254 e. The highest BCUT2D eigenvalue weighted by atomic mass is 16.5. The molecule has 2 aromatic carbocycles. The molecule has 5 rings (SSSR count). The summed E-state index contributed by atoms with van der Waals surface area (Å²) in [6.45, 7) is 4.41. The monoisotopic (exact) mass is 390 g/mol. The first-order valence-electron chi connectivity index (χ1n) is 10.5. The molecule has 3 aliphatic rings. The number of morpholine rings is 1. The second-order valence-electron chi connectivity index (χ2n) is 8.31. The zero-order valence-corrected chi connectivity index (χ0v) is 16.7. The molecule has 0 bridgehead atoms. The summed E-state index contributed by atoms with van der Waals surface area (Å²) in [5.41, 5.74) is 3.72. The highest BCUT2D eigenvalue weighted by Gasteiger charge is 2.49. The van der Waals surface area contributed by atoms with Crippen LogP contribution in [0.15, 0.2) is 48.5 Å². The zero-order chi connectivity index (χ0) is 20.0. The van der Waals surface area contributed by atoms with Crippen LogP contribution in [0.4, 0.5) is 0 Å². The average molecular weight is 390 g/mol. The number of fused-ring (bicyclic) bond motifs is 1. The summed E-state index contributed by atoms with van der Waals surface area (Å²) in [7, 11) is 0. The van der Waals surface area contributed by atoms with Crippen LogP contribution in [0.2, 0.25) is 0 Å². The van der Waals surface area contributed by atoms with Gasteiger partial charge in [0.15, 0.2) is 0 Å². The Labute approximate surface area is 171 Å². The summed E-state index contributed by atoms with van der Waals surface area (Å²) in [4.78, 5) is 31.2. The van der Waals surface area contributed by atoms with Crippen molar-refractivity contribution in [1.29, 1.82) is 0 Å². The van der Waals surface area contributed by atoms with Crippen molar-refractivity contribution in [2.75, 3.05) is 26.3 Å². The van der Waals surface area contributed by atoms with Crippen LogP contribution in [0.1, 0.15) is 51.8 Å². The highest BCUT2D eigenvalue weighted by Crippen LogP contribution is 2.48. The molecule has 150 valence electrons. The molecule has 0 radical (unpaired) electrons. The Morgan fingerprint density at radius 2 is 1.79 bits per heavy atom. The second-order valence-corrected chi connectivity index (χ2v) is 8.31. The number of aryl methyl sites for hydroxylation is 1. The molecule has 5 nitrogen and oxygen atoms in total. The van der Waals surface area contributed by atoms with E-state index in [4.69, 9.17) is 4.74 Å². The van der Waals surface area contributed by atoms with Crippen molar-refractivity contribution in [2.45, 2.75) is 37.8 Å². The standard InChI is InChI=1S/C24H26N2O3/c1-16-5-4-6-17(15-16)22-21(24(28)25-11-13-29-14-12-25)19-7-2-3-8-20(19)23(27)26(22)18-9-10-18/h2-8,15,18,21-22H,9-14H2,1H3/t21-,22-/m1/s1. The first-order valence-corrected chi connectivity index (χ1v) is 10.5. The van der Waals surface area contributed by atoms with E-state index in [0.29, 0.717) is 31.9 Å². The molecule has 2 atom stereocenters. The lowest BCUT2D eigenvalue weighted by Gasteiger charge is -2.44. The van der Waals surface area contributed by atoms with Gasteiger partial charge in [0.05, 0.1) is 25.2 Å². The fraction of sp³-hybridized carbons (Fsp3) is 0.417. The van der Waals surface area contributed by atoms with E-state index in [1.807, 2.05) is 40.1 Å². The number of amides is 2. The van der Waals surface area contributed by atoms with Crippen LogP contribution in [0.25, 0.3) is 0 Å². The van der Waals surface area contributed by atoms with Gasteiger partial charge >= 0.3 is 0 Å². The number of hydrogen-bond donors (Lipinski definition) is 0. The van der Waals surface area contributed by atoms with Crippen molar-refractivity contribution in [3.05, 3.63) is 70.8 Å². The van der Waals surface area contributed by atoms with Gasteiger partial charge in [-0.05, 0) is 37.0 Å². The van der Waals surface area contributed by atoms with Gasteiger partial charge in [0.1, 0.15) is 0 Å². The van der Waals surface area contributed by atoms with Crippen LogP contribution in [-0.2, 0) is 9.53 Å². The predicted molar refractivity (Wildman–Crippen MR) is 110 cm³/mol. The molecule has 2 amide bonds. The Balaban J connectivity index is 1.66. The Morgan fingerprint density at radius 1 is 1.03 bits per heavy atom. The van der Waals surface area contributed by atoms with Gasteiger partial charge in [-0.25, -0.2) is 0 Å². The molecule has 1 saturated carbocycles. The van der Waals surface area contributed by atoms with Gasteiger partial charge in [0, 0.05) is 24.7 Å². The largest absolute Gasteiger partial charge is 0.378 e. The summed E-state index contributed by atoms with van der Waals surface area (Å²) in [6, 6.07) is 15.9. The first-order chi connectivity index (χ1) is 14.1. The van der Waals surface area contributed by atoms with Gasteiger partial charge in [-0.15, -0.1) is 0 Å². The smallest absolute Gasteiger partial charge is 0.254 e. The van der Waals surface area contributed by atoms with E-state index in [9.17, 15) is 9.59 Å². The fourth-order valence-corrected chi connectivity index (χ4v) is 4.76. The zero-order valence-electron chi connectivity index (χ0n) is 16.7. The van der Waals surface area contributed by atoms with E-state index < -0.39 is 0 Å². The number of nitrogens with zero attached hydrogens (tertiary/aromatic N) is 2. The molecule has 0 N–H and O–H groups in total. The average Bonchev–Trinajstić information content (AvgIpc) is 3.59. The molecule has 2 aliphatic heterocycles. The van der Waals surface area contributed by atoms with E-state index >= 15 is 0 Å². The van der Waals surface area contributed by atoms with Crippen molar-refractivity contribution >= 4 is 11.8 Å². The van der Waals surface area contributed by atoms with Crippen LogP contribution in [0, 0.1) is 6.92 Å². The third-order valence-corrected chi connectivity index (χ3v) is 6.29. The predicted octanol–water partition coefficient (Wildman–Crippen LogP) is 3.30. The number of carbonyl (C=O) groups excluding carboxylic acids is 2. The Morgan fingerprint density at radius 3 is 2.52 bits per heavy atom. The maximum absolute atomic E-state index is 13.8. The summed E-state index contributed by atoms with van der Waals surface area (Å²) in [6.07, 6.45) is 2.02. The molecule has 1 saturated heterocycles. The summed E-state index contributed by atoms with van der Waals surface area (Å²) in [5, 5.41) is 0. The van der Waals surface area contributed by atoms with Crippen molar-refractivity contribution in [3.63, 3.8) is 0 Å². The first kappa shape index (κ1) is 18.4. The quantitative estimate of drug-likeness (QED) is 0.808. The lowest BCUT2D eigenvalue weighted by Crippen LogP contribution is -2.51. The van der Waals surface area contributed by atoms with Crippen LogP contribution in [0.5, 0.6) is 0 Å². The van der Waals surface area contributed by atoms with Crippen molar-refractivity contribution < 1.29 is 14.3 Å². The van der Waals surface area contributed by atoms with Crippen LogP contribution in [0.3, 0.4) is 0 Å². The SMILES string of the molecule is Cc1cccc([C@@H]2[C@H](C(=O)N3CCOCC3)c3ccccc3C(=O)N2C2CC2)c1. The van der Waals surface area contributed by atoms with E-state index in [-0.39, 0.29) is 29.8 Å². The molecule has 0 unspecified atom stereocenters. The van der Waals surface area contributed by atoms with Crippen molar-refractivity contribution in [3.8, 4) is 0 Å². The molecule has 0 aromatic heterocycles. The minimum Gasteiger partial charge on any atom is -0.378 e. The third-order valence-electron chi connectivity index (χ3n) is 6.29. The Hall–Kier alpha value is -2.66. The summed E-state index contributed by atoms with van der Waals surface area (Å²) in [5.74, 6) is -0.226. The Kier molecular flexibility index (Phi) is 4.63. The van der Waals surface area contributed by atoms with Crippen molar-refractivity contribution in [2.24, 2.45) is 0 Å². The highest BCUT2D eigenvalue weighted by molar-refractivity contribution is 6.01. The molecule has 1 aliphatic carbocycles. The molecule has 2 heterocycles. The van der Waals surface area contributed by atoms with Gasteiger partial charge in [-0.1, -0.05) is 48.0 Å². The third kappa shape index (κ3) is 3.23. The van der Waals surface area contributed by atoms with E-state index in [1.165, 1.54) is 0 Å². The lowest BCUT2D eigenvalue weighted by atomic mass is 9.78. The van der Waals surface area contributed by atoms with Crippen LogP contribution < -0.4 is 0 Å². The van der Waals surface area contributed by atoms with Gasteiger partial charge in [0.25, 0.3) is 5.91 Å². The number of benzene rings is 2. The van der Waals surface area contributed by atoms with Gasteiger partial charge in [-0.2, -0.15) is 0 Å². The minimum absolute atomic E-state index is 0.0561. The molecule has 2 aromatic rings. The normalized spacial score (nSPS) is 24.4. The van der Waals surface area contributed by atoms with E-state index in [0.717, 1.165) is 29.5 Å². The summed E-state index contributed by atoms with van der Waals surface area (Å²) >= 11 is 0. The van der Waals surface area contributed by atoms with Gasteiger partial charge in [-0.3, -0.25) is 9.59 Å². The number of hydrogen-bond acceptors (Lipinski definition) is 3. The topological polar surface area (TPSA) is 49.9 Å². The van der Waals surface area contributed by atoms with Crippen LogP contribution in [-0.4, -0.2) is 54.0 Å². The summed E-state index contributed by atoms with van der Waals surface area (Å²) < 4.78 is 5.46. The molecular weight excluding hydrogens is 364 g/mol. The van der Waals surface area contributed by atoms with E-state index in [2.05, 4.69) is 25.1 Å². The van der Waals surface area contributed by atoms with Gasteiger partial charge < -0.3 is 14.5 Å². The molecule has 29 heavy (non-hydrogen) atoms. The fourth-order valence-electron chi connectivity index (χ4n) is 4.76. The second kappa shape index (κ2) is 7.30. The lowest BCUT2D eigenvalue weighted by molar-refractivity contribution is -0.138. The van der Waals surface area contributed by atoms with Crippen molar-refractivity contribution in [1.82, 2.24) is 9.80 Å². The maximum atomic E-state index is 13.8. The van der Waals surface area contributed by atoms with E-state index in [1.54, 1.807) is 0 Å². The molecule has 2 fully saturated rings. The Bertz CT molecular complexity index is 947. The number of rotatable bonds is 3.